The van der Waals surface area contributed by atoms with Gasteiger partial charge in [-0.1, -0.05) is 152 Å². The predicted molar refractivity (Wildman–Crippen MR) is 294 cm³/mol. The molecule has 0 aliphatic carbocycles. The van der Waals surface area contributed by atoms with Crippen LogP contribution in [0.1, 0.15) is 148 Å². The number of nitrogens with one attached hydrogen (secondary N) is 2. The molecule has 4 aromatic carbocycles. The highest BCUT2D eigenvalue weighted by molar-refractivity contribution is 6.10. The molecule has 5 heterocycles. The lowest BCUT2D eigenvalue weighted by Crippen LogP contribution is -1.95. The Morgan fingerprint density at radius 3 is 0.676 bits per heavy atom. The number of hydrogen-bond donors (Lipinski definition) is 2. The van der Waals surface area contributed by atoms with Gasteiger partial charge in [-0.25, -0.2) is 9.97 Å². The third kappa shape index (κ3) is 7.43. The summed E-state index contributed by atoms with van der Waals surface area (Å²) in [7, 11) is 0. The van der Waals surface area contributed by atoms with Gasteiger partial charge in [-0.2, -0.15) is 0 Å². The van der Waals surface area contributed by atoms with Gasteiger partial charge in [-0.3, -0.25) is 0 Å². The van der Waals surface area contributed by atoms with E-state index in [9.17, 15) is 0 Å². The van der Waals surface area contributed by atoms with E-state index < -0.39 is 0 Å². The molecule has 3 aromatic heterocycles. The maximum atomic E-state index is 6.12. The van der Waals surface area contributed by atoms with E-state index in [0.29, 0.717) is 0 Å². The minimum absolute atomic E-state index is 0.861. The molecule has 0 spiro atoms. The molecule has 0 unspecified atom stereocenters. The number of nitrogens with zero attached hydrogens (tertiary/aromatic N) is 2. The number of aromatic amines is 2. The van der Waals surface area contributed by atoms with Gasteiger partial charge in [0.1, 0.15) is 0 Å². The highest BCUT2D eigenvalue weighted by atomic mass is 14.8. The Morgan fingerprint density at radius 1 is 0.294 bits per heavy atom. The molecule has 0 saturated carbocycles. The van der Waals surface area contributed by atoms with Gasteiger partial charge in [0.15, 0.2) is 0 Å². The van der Waals surface area contributed by atoms with Crippen LogP contribution in [0.3, 0.4) is 0 Å². The summed E-state index contributed by atoms with van der Waals surface area (Å²) in [6, 6.07) is 35.8. The number of aromatic nitrogens is 4. The molecule has 0 amide bonds. The predicted octanol–water partition coefficient (Wildman–Crippen LogP) is 17.9. The Bertz CT molecular complexity index is 2920. The number of aryl methyl sites for hydroxylation is 8. The summed E-state index contributed by atoms with van der Waals surface area (Å²) in [4.78, 5) is 20.9. The SMILES string of the molecule is CCC1=C(CC)c2nc1c(-c1ccccc1C)c1[nH]c(c(CC)c1CC)c(-c1ccccc1C)c1nc(c(-c3ccccc3C)c3[nH]c(c(CC)c3CC)c2-c2ccccc2C)C(CC)=C1CC. The maximum Gasteiger partial charge on any atom is 0.0772 e. The Labute approximate surface area is 405 Å². The zero-order valence-corrected chi connectivity index (χ0v) is 42.8. The Balaban J connectivity index is 1.74. The van der Waals surface area contributed by atoms with E-state index in [1.54, 1.807) is 0 Å². The summed E-state index contributed by atoms with van der Waals surface area (Å²) >= 11 is 0. The van der Waals surface area contributed by atoms with Crippen molar-refractivity contribution in [2.75, 3.05) is 0 Å². The molecule has 68 heavy (non-hydrogen) atoms. The molecular weight excluding hydrogens is 825 g/mol. The van der Waals surface area contributed by atoms with Crippen LogP contribution >= 0.6 is 0 Å². The van der Waals surface area contributed by atoms with Crippen LogP contribution in [0.25, 0.3) is 88.9 Å². The van der Waals surface area contributed by atoms with Crippen molar-refractivity contribution >= 4 is 44.4 Å². The third-order valence-electron chi connectivity index (χ3n) is 15.2. The molecule has 0 saturated heterocycles. The molecule has 0 radical (unpaired) electrons. The summed E-state index contributed by atoms with van der Waals surface area (Å²) < 4.78 is 0. The molecule has 9 rings (SSSR count). The van der Waals surface area contributed by atoms with Crippen LogP contribution in [0.15, 0.2) is 97.1 Å². The number of rotatable bonds is 12. The zero-order valence-electron chi connectivity index (χ0n) is 42.8. The molecule has 7 aromatic rings. The van der Waals surface area contributed by atoms with Gasteiger partial charge in [-0.15, -0.1) is 0 Å². The Morgan fingerprint density at radius 2 is 0.500 bits per heavy atom. The minimum Gasteiger partial charge on any atom is -0.354 e. The first-order chi connectivity index (χ1) is 33.1. The molecule has 8 bridgehead atoms. The highest BCUT2D eigenvalue weighted by Gasteiger charge is 2.32. The third-order valence-corrected chi connectivity index (χ3v) is 15.2. The lowest BCUT2D eigenvalue weighted by molar-refractivity contribution is 1.07. The molecule has 4 heteroatoms. The molecule has 346 valence electrons. The van der Waals surface area contributed by atoms with Crippen LogP contribution in [-0.4, -0.2) is 19.9 Å². The molecular formula is C64H70N4. The quantitative estimate of drug-likeness (QED) is 0.128. The fourth-order valence-electron chi connectivity index (χ4n) is 11.9. The smallest absolute Gasteiger partial charge is 0.0772 e. The van der Waals surface area contributed by atoms with E-state index in [1.807, 2.05) is 0 Å². The molecule has 4 nitrogen and oxygen atoms in total. The van der Waals surface area contributed by atoms with Gasteiger partial charge in [0.25, 0.3) is 0 Å². The van der Waals surface area contributed by atoms with Crippen molar-refractivity contribution < 1.29 is 0 Å². The van der Waals surface area contributed by atoms with Crippen LogP contribution in [0.2, 0.25) is 0 Å². The van der Waals surface area contributed by atoms with Crippen molar-refractivity contribution in [3.8, 4) is 44.5 Å². The summed E-state index contributed by atoms with van der Waals surface area (Å²) in [6.45, 7) is 27.7. The van der Waals surface area contributed by atoms with Gasteiger partial charge < -0.3 is 9.97 Å². The van der Waals surface area contributed by atoms with E-state index in [0.717, 1.165) is 74.1 Å². The summed E-state index contributed by atoms with van der Waals surface area (Å²) in [5.74, 6) is 0. The molecule has 0 atom stereocenters. The van der Waals surface area contributed by atoms with Crippen molar-refractivity contribution in [2.24, 2.45) is 0 Å². The van der Waals surface area contributed by atoms with E-state index in [4.69, 9.17) is 9.97 Å². The number of allylic oxidation sites excluding steroid dienone is 4. The molecule has 2 N–H and O–H groups in total. The second-order valence-electron chi connectivity index (χ2n) is 18.8. The van der Waals surface area contributed by atoms with E-state index in [2.05, 4.69) is 190 Å². The molecule has 2 aliphatic heterocycles. The van der Waals surface area contributed by atoms with Gasteiger partial charge >= 0.3 is 0 Å². The van der Waals surface area contributed by atoms with Gasteiger partial charge in [0.05, 0.1) is 44.8 Å². The van der Waals surface area contributed by atoms with Crippen molar-refractivity contribution in [2.45, 2.75) is 134 Å². The molecule has 2 aliphatic rings. The maximum absolute atomic E-state index is 6.12. The van der Waals surface area contributed by atoms with Crippen LogP contribution in [0.5, 0.6) is 0 Å². The number of benzene rings is 4. The standard InChI is InChI=1S/C64H70N4/c1-13-41-42(14-2)58-54(50-34-26-22-30-38(50)10)60-45(17-5)46(18-6)62(67-60)56(52-36-28-24-32-40(52)12)64-48(20-8)47(19-7)63(68-64)55(51-35-27-23-31-39(51)11)61-44(16-4)43(15-3)59(66-61)53(57(41)65-58)49-33-25-21-29-37(49)9/h21-36,65,68H,13-20H2,1-12H3. The summed E-state index contributed by atoms with van der Waals surface area (Å²) in [6.07, 6.45) is 6.94. The lowest BCUT2D eigenvalue weighted by Gasteiger charge is -2.13. The first-order valence-electron chi connectivity index (χ1n) is 25.7. The second-order valence-corrected chi connectivity index (χ2v) is 18.8. The van der Waals surface area contributed by atoms with Crippen molar-refractivity contribution in [1.82, 2.24) is 19.9 Å². The first kappa shape index (κ1) is 46.6. The lowest BCUT2D eigenvalue weighted by atomic mass is 9.88. The average molecular weight is 895 g/mol. The van der Waals surface area contributed by atoms with Gasteiger partial charge in [0, 0.05) is 22.3 Å². The topological polar surface area (TPSA) is 57.4 Å². The average Bonchev–Trinajstić information content (AvgIpc) is 4.11. The second kappa shape index (κ2) is 19.2. The van der Waals surface area contributed by atoms with Crippen LogP contribution in [0.4, 0.5) is 0 Å². The fraction of sp³-hybridized carbons (Fsp3) is 0.312. The zero-order chi connectivity index (χ0) is 48.0. The number of hydrogen-bond acceptors (Lipinski definition) is 2. The van der Waals surface area contributed by atoms with Crippen molar-refractivity contribution in [3.05, 3.63) is 164 Å². The minimum atomic E-state index is 0.861. The summed E-state index contributed by atoms with van der Waals surface area (Å²) in [5, 5.41) is 0. The van der Waals surface area contributed by atoms with Gasteiger partial charge in [0.2, 0.25) is 0 Å². The fourth-order valence-corrected chi connectivity index (χ4v) is 11.9. The van der Waals surface area contributed by atoms with Gasteiger partial charge in [-0.05, 0) is 168 Å². The van der Waals surface area contributed by atoms with E-state index in [-0.39, 0.29) is 0 Å². The van der Waals surface area contributed by atoms with Crippen molar-refractivity contribution in [1.29, 1.82) is 0 Å². The van der Waals surface area contributed by atoms with Crippen molar-refractivity contribution in [3.63, 3.8) is 0 Å². The first-order valence-corrected chi connectivity index (χ1v) is 25.7. The largest absolute Gasteiger partial charge is 0.354 e. The normalized spacial score (nSPS) is 12.8. The van der Waals surface area contributed by atoms with Crippen LogP contribution in [-0.2, 0) is 25.7 Å². The molecule has 0 fully saturated rings. The van der Waals surface area contributed by atoms with E-state index >= 15 is 0 Å². The monoisotopic (exact) mass is 895 g/mol. The highest BCUT2D eigenvalue weighted by Crippen LogP contribution is 2.50. The number of H-pyrrole nitrogens is 2. The van der Waals surface area contributed by atoms with Crippen LogP contribution in [0, 0.1) is 27.7 Å². The summed E-state index contributed by atoms with van der Waals surface area (Å²) in [5.41, 5.74) is 34.3. The Kier molecular flexibility index (Phi) is 13.2. The number of fused-ring (bicyclic) bond motifs is 8. The van der Waals surface area contributed by atoms with Crippen LogP contribution < -0.4 is 0 Å². The van der Waals surface area contributed by atoms with E-state index in [1.165, 1.54) is 133 Å². The Hall–Kier alpha value is -6.52.